The number of nitrogens with one attached hydrogen (secondary N) is 1. The lowest BCUT2D eigenvalue weighted by molar-refractivity contribution is 0.0951. The molecule has 98 valence electrons. The summed E-state index contributed by atoms with van der Waals surface area (Å²) in [5, 5.41) is 3.24. The SMILES string of the molecule is Nc1ccc(CNC(=O)c2ccc(Br)cc2Cl)cc1. The van der Waals surface area contributed by atoms with Crippen LogP contribution in [0.3, 0.4) is 0 Å². The Hall–Kier alpha value is -1.52. The van der Waals surface area contributed by atoms with Crippen LogP contribution in [-0.4, -0.2) is 5.91 Å². The Kier molecular flexibility index (Phi) is 4.45. The van der Waals surface area contributed by atoms with E-state index in [9.17, 15) is 4.79 Å². The Morgan fingerprint density at radius 3 is 2.53 bits per heavy atom. The van der Waals surface area contributed by atoms with Crippen LogP contribution in [0.4, 0.5) is 5.69 Å². The van der Waals surface area contributed by atoms with Crippen LogP contribution in [0.2, 0.25) is 5.02 Å². The lowest BCUT2D eigenvalue weighted by atomic mass is 10.2. The number of halogens is 2. The van der Waals surface area contributed by atoms with Crippen LogP contribution >= 0.6 is 27.5 Å². The van der Waals surface area contributed by atoms with Gasteiger partial charge in [0.05, 0.1) is 10.6 Å². The van der Waals surface area contributed by atoms with Crippen LogP contribution in [0.1, 0.15) is 15.9 Å². The molecule has 0 bridgehead atoms. The molecule has 0 radical (unpaired) electrons. The Labute approximate surface area is 124 Å². The number of rotatable bonds is 3. The highest BCUT2D eigenvalue weighted by Crippen LogP contribution is 2.21. The van der Waals surface area contributed by atoms with Crippen LogP contribution in [0.25, 0.3) is 0 Å². The zero-order chi connectivity index (χ0) is 13.8. The zero-order valence-electron chi connectivity index (χ0n) is 9.99. The molecule has 0 aromatic heterocycles. The van der Waals surface area contributed by atoms with Crippen LogP contribution in [0.15, 0.2) is 46.9 Å². The summed E-state index contributed by atoms with van der Waals surface area (Å²) in [6.45, 7) is 0.436. The molecule has 3 nitrogen and oxygen atoms in total. The molecule has 19 heavy (non-hydrogen) atoms. The van der Waals surface area contributed by atoms with Crippen molar-refractivity contribution in [3.05, 3.63) is 63.1 Å². The molecular formula is C14H12BrClN2O. The number of nitrogens with two attached hydrogens (primary N) is 1. The Bertz CT molecular complexity index is 599. The number of hydrogen-bond acceptors (Lipinski definition) is 2. The Balaban J connectivity index is 2.03. The van der Waals surface area contributed by atoms with Crippen molar-refractivity contribution in [1.82, 2.24) is 5.32 Å². The number of anilines is 1. The monoisotopic (exact) mass is 338 g/mol. The van der Waals surface area contributed by atoms with Crippen LogP contribution in [0, 0.1) is 0 Å². The maximum absolute atomic E-state index is 12.0. The minimum atomic E-state index is -0.200. The van der Waals surface area contributed by atoms with E-state index in [0.29, 0.717) is 22.8 Å². The zero-order valence-corrected chi connectivity index (χ0v) is 12.3. The van der Waals surface area contributed by atoms with Gasteiger partial charge in [0, 0.05) is 16.7 Å². The number of carbonyl (C=O) groups excluding carboxylic acids is 1. The highest BCUT2D eigenvalue weighted by molar-refractivity contribution is 9.10. The van der Waals surface area contributed by atoms with Crippen molar-refractivity contribution in [3.8, 4) is 0 Å². The lowest BCUT2D eigenvalue weighted by Gasteiger charge is -2.07. The number of amides is 1. The highest BCUT2D eigenvalue weighted by Gasteiger charge is 2.10. The molecule has 2 aromatic carbocycles. The third-order valence-electron chi connectivity index (χ3n) is 2.61. The molecule has 0 saturated heterocycles. The molecule has 0 aliphatic heterocycles. The van der Waals surface area contributed by atoms with E-state index in [1.54, 1.807) is 30.3 Å². The molecule has 0 aliphatic carbocycles. The minimum Gasteiger partial charge on any atom is -0.399 e. The van der Waals surface area contributed by atoms with Crippen molar-refractivity contribution in [3.63, 3.8) is 0 Å². The molecule has 0 heterocycles. The first-order valence-electron chi connectivity index (χ1n) is 5.64. The second-order valence-corrected chi connectivity index (χ2v) is 5.37. The number of carbonyl (C=O) groups is 1. The molecule has 0 aliphatic rings. The van der Waals surface area contributed by atoms with Crippen LogP contribution in [-0.2, 0) is 6.54 Å². The normalized spacial score (nSPS) is 10.2. The van der Waals surface area contributed by atoms with Gasteiger partial charge < -0.3 is 11.1 Å². The van der Waals surface area contributed by atoms with Gasteiger partial charge in [0.15, 0.2) is 0 Å². The quantitative estimate of drug-likeness (QED) is 0.839. The molecule has 0 atom stereocenters. The molecule has 3 N–H and O–H groups in total. The molecule has 1 amide bonds. The van der Waals surface area contributed by atoms with Crippen molar-refractivity contribution >= 4 is 39.1 Å². The summed E-state index contributed by atoms with van der Waals surface area (Å²) in [4.78, 5) is 12.0. The first-order chi connectivity index (χ1) is 9.06. The summed E-state index contributed by atoms with van der Waals surface area (Å²) in [5.74, 6) is -0.200. The van der Waals surface area contributed by atoms with Crippen molar-refractivity contribution < 1.29 is 4.79 Å². The van der Waals surface area contributed by atoms with E-state index in [1.807, 2.05) is 12.1 Å². The number of hydrogen-bond donors (Lipinski definition) is 2. The van der Waals surface area contributed by atoms with Crippen molar-refractivity contribution in [1.29, 1.82) is 0 Å². The van der Waals surface area contributed by atoms with Gasteiger partial charge in [-0.1, -0.05) is 39.7 Å². The van der Waals surface area contributed by atoms with Gasteiger partial charge in [-0.2, -0.15) is 0 Å². The third kappa shape index (κ3) is 3.72. The summed E-state index contributed by atoms with van der Waals surface area (Å²) in [6.07, 6.45) is 0. The summed E-state index contributed by atoms with van der Waals surface area (Å²) in [5.41, 5.74) is 7.74. The third-order valence-corrected chi connectivity index (χ3v) is 3.41. The summed E-state index contributed by atoms with van der Waals surface area (Å²) in [7, 11) is 0. The van der Waals surface area contributed by atoms with Gasteiger partial charge in [-0.15, -0.1) is 0 Å². The van der Waals surface area contributed by atoms with Gasteiger partial charge in [-0.3, -0.25) is 4.79 Å². The first kappa shape index (κ1) is 13.9. The average Bonchev–Trinajstić information content (AvgIpc) is 2.37. The van der Waals surface area contributed by atoms with Crippen LogP contribution in [0.5, 0.6) is 0 Å². The smallest absolute Gasteiger partial charge is 0.253 e. The number of benzene rings is 2. The molecule has 0 saturated carbocycles. The Morgan fingerprint density at radius 2 is 1.89 bits per heavy atom. The number of nitrogen functional groups attached to an aromatic ring is 1. The predicted molar refractivity (Wildman–Crippen MR) is 81.2 cm³/mol. The molecule has 5 heteroatoms. The summed E-state index contributed by atoms with van der Waals surface area (Å²) in [6, 6.07) is 12.5. The predicted octanol–water partition coefficient (Wildman–Crippen LogP) is 3.61. The standard InChI is InChI=1S/C14H12BrClN2O/c15-10-3-6-12(13(16)7-10)14(19)18-8-9-1-4-11(17)5-2-9/h1-7H,8,17H2,(H,18,19). The molecule has 0 spiro atoms. The molecular weight excluding hydrogens is 328 g/mol. The fourth-order valence-corrected chi connectivity index (χ4v) is 2.35. The summed E-state index contributed by atoms with van der Waals surface area (Å²) >= 11 is 9.32. The van der Waals surface area contributed by atoms with E-state index in [-0.39, 0.29) is 5.91 Å². The van der Waals surface area contributed by atoms with E-state index in [2.05, 4.69) is 21.2 Å². The van der Waals surface area contributed by atoms with E-state index >= 15 is 0 Å². The fraction of sp³-hybridized carbons (Fsp3) is 0.0714. The summed E-state index contributed by atoms with van der Waals surface area (Å²) < 4.78 is 0.840. The van der Waals surface area contributed by atoms with Gasteiger partial charge in [-0.05, 0) is 35.9 Å². The van der Waals surface area contributed by atoms with Crippen molar-refractivity contribution in [2.24, 2.45) is 0 Å². The molecule has 0 unspecified atom stereocenters. The van der Waals surface area contributed by atoms with E-state index < -0.39 is 0 Å². The Morgan fingerprint density at radius 1 is 1.21 bits per heavy atom. The maximum atomic E-state index is 12.0. The highest BCUT2D eigenvalue weighted by atomic mass is 79.9. The van der Waals surface area contributed by atoms with E-state index in [4.69, 9.17) is 17.3 Å². The first-order valence-corrected chi connectivity index (χ1v) is 6.81. The molecule has 2 rings (SSSR count). The van der Waals surface area contributed by atoms with Crippen molar-refractivity contribution in [2.75, 3.05) is 5.73 Å². The average molecular weight is 340 g/mol. The van der Waals surface area contributed by atoms with Crippen LogP contribution < -0.4 is 11.1 Å². The minimum absolute atomic E-state index is 0.200. The molecule has 0 fully saturated rings. The second kappa shape index (κ2) is 6.08. The lowest BCUT2D eigenvalue weighted by Crippen LogP contribution is -2.23. The fourth-order valence-electron chi connectivity index (χ4n) is 1.59. The van der Waals surface area contributed by atoms with Gasteiger partial charge in [0.25, 0.3) is 5.91 Å². The van der Waals surface area contributed by atoms with E-state index in [0.717, 1.165) is 10.0 Å². The second-order valence-electron chi connectivity index (χ2n) is 4.05. The maximum Gasteiger partial charge on any atom is 0.253 e. The van der Waals surface area contributed by atoms with E-state index in [1.165, 1.54) is 0 Å². The molecule has 2 aromatic rings. The van der Waals surface area contributed by atoms with Gasteiger partial charge in [0.2, 0.25) is 0 Å². The van der Waals surface area contributed by atoms with Gasteiger partial charge in [0.1, 0.15) is 0 Å². The van der Waals surface area contributed by atoms with Gasteiger partial charge in [-0.25, -0.2) is 0 Å². The van der Waals surface area contributed by atoms with Crippen molar-refractivity contribution in [2.45, 2.75) is 6.54 Å². The topological polar surface area (TPSA) is 55.1 Å². The largest absolute Gasteiger partial charge is 0.399 e. The van der Waals surface area contributed by atoms with Gasteiger partial charge >= 0.3 is 0 Å².